The van der Waals surface area contributed by atoms with E-state index in [1.165, 1.54) is 0 Å². The second-order valence-corrected chi connectivity index (χ2v) is 31.8. The van der Waals surface area contributed by atoms with Crippen LogP contribution in [0.15, 0.2) is 203 Å². The molecular weight excluding hydrogens is 1620 g/mol. The molecule has 4 heterocycles. The molecule has 21 nitrogen and oxygen atoms in total. The fourth-order valence-electron chi connectivity index (χ4n) is 14.5. The average molecular weight is 1710 g/mol. The highest BCUT2D eigenvalue weighted by Gasteiger charge is 2.40. The Morgan fingerprint density at radius 3 is 1.15 bits per heavy atom. The van der Waals surface area contributed by atoms with Gasteiger partial charge in [-0.05, 0) is 125 Å². The Kier molecular flexibility index (Phi) is 29.1. The Morgan fingerprint density at radius 2 is 0.805 bits per heavy atom. The molecule has 3 N–H and O–H groups in total. The van der Waals surface area contributed by atoms with Crippen molar-refractivity contribution in [3.8, 4) is 51.6 Å². The topological polar surface area (TPSA) is 266 Å². The number of carbonyl (C=O) groups is 4. The highest BCUT2D eigenvalue weighted by molar-refractivity contribution is 7.91. The molecule has 123 heavy (non-hydrogen) atoms. The molecule has 4 aromatic heterocycles. The minimum atomic E-state index is -4.67. The number of carbonyl (C=O) groups excluding carboxylic acids is 4. The Bertz CT molecular complexity index is 5710. The summed E-state index contributed by atoms with van der Waals surface area (Å²) in [6.45, 7) is 6.40. The van der Waals surface area contributed by atoms with E-state index in [4.69, 9.17) is 37.7 Å². The molecule has 0 aliphatic rings. The van der Waals surface area contributed by atoms with Crippen molar-refractivity contribution in [2.75, 3.05) is 58.1 Å². The number of halogens is 9. The van der Waals surface area contributed by atoms with Crippen LogP contribution in [0.1, 0.15) is 100.0 Å². The summed E-state index contributed by atoms with van der Waals surface area (Å²) in [5, 5.41) is 19.1. The molecule has 12 aromatic rings. The Labute approximate surface area is 702 Å². The molecule has 636 valence electrons. The quantitative estimate of drug-likeness (QED) is 0.0140. The van der Waals surface area contributed by atoms with E-state index in [2.05, 4.69) is 10.9 Å². The summed E-state index contributed by atoms with van der Waals surface area (Å²) in [5.41, 5.74) is 5.91. The van der Waals surface area contributed by atoms with Gasteiger partial charge in [-0.25, -0.2) is 23.2 Å². The zero-order valence-corrected chi connectivity index (χ0v) is 68.0. The van der Waals surface area contributed by atoms with Gasteiger partial charge in [0, 0.05) is 77.4 Å². The first-order valence-corrected chi connectivity index (χ1v) is 41.7. The van der Waals surface area contributed by atoms with Crippen LogP contribution >= 0.6 is 0 Å². The van der Waals surface area contributed by atoms with E-state index in [9.17, 15) is 78.9 Å². The molecule has 0 aliphatic carbocycles. The Balaban J connectivity index is 1.26. The largest absolute Gasteiger partial charge is 0.493 e. The number of aromatic nitrogens is 4. The number of hydrogen-bond donors (Lipinski definition) is 3. The number of sulfone groups is 1. The van der Waals surface area contributed by atoms with Gasteiger partial charge in [-0.3, -0.25) is 19.2 Å². The van der Waals surface area contributed by atoms with Gasteiger partial charge in [-0.1, -0.05) is 155 Å². The van der Waals surface area contributed by atoms with Gasteiger partial charge in [0.25, 0.3) is 5.70 Å². The molecule has 0 spiro atoms. The van der Waals surface area contributed by atoms with Crippen molar-refractivity contribution in [1.82, 2.24) is 34.9 Å². The second-order valence-electron chi connectivity index (χ2n) is 29.7. The number of ketones is 1. The second kappa shape index (κ2) is 40.1. The molecule has 0 radical (unpaired) electrons. The number of alkyl halides is 9. The normalized spacial score (nSPS) is 12.3. The summed E-state index contributed by atoms with van der Waals surface area (Å²) in [6, 6.07) is 60.4. The number of ether oxygens (including phenoxy) is 4. The van der Waals surface area contributed by atoms with Crippen molar-refractivity contribution in [1.29, 1.82) is 5.26 Å². The number of nitrogens with zero attached hydrogens (tertiary/aromatic N) is 6. The maximum Gasteiger partial charge on any atom is 0.405 e. The average Bonchev–Trinajstić information content (AvgIpc) is 1.52. The van der Waals surface area contributed by atoms with Gasteiger partial charge < -0.3 is 52.7 Å². The summed E-state index contributed by atoms with van der Waals surface area (Å²) >= 11 is 0. The van der Waals surface area contributed by atoms with Crippen LogP contribution in [0.25, 0.3) is 71.6 Å². The zero-order valence-electron chi connectivity index (χ0n) is 67.2. The third-order valence-corrected chi connectivity index (χ3v) is 20.7. The number of hydrogen-bond acceptors (Lipinski definition) is 15. The number of nitriles is 1. The summed E-state index contributed by atoms with van der Waals surface area (Å²) in [7, 11) is -3.66. The SMILES string of the molecule is [C-]#[N+]/C(c1nc2cc(C)ccc2o1)=c1\c2c(-c3cc(OCCCCC(=O)CS(C)(=O)=O)cc(OCCCCC(=O)NCC(F)(F)F)c3)n(B(c3ccccc3)c3ccccc3)/c(=C(/C#N)c3nc4cc(C)ccc4o3)c2c(-c2cc(OCCCCC(=O)NCC(F)(F)F)cc(OCCCCC(=O)NCC(F)(F)F)c2)n1B(c1ccccc1)c1ccccc1. The number of nitrogens with one attached hydrogen (secondary N) is 3. The Morgan fingerprint density at radius 1 is 0.472 bits per heavy atom. The smallest absolute Gasteiger partial charge is 0.405 e. The van der Waals surface area contributed by atoms with Crippen LogP contribution in [0, 0.1) is 31.8 Å². The standard InChI is InChI=1S/C90H84B2F9N9O12S/c1-58-37-39-74-72(45-58)107-86(121-74)71(53-102)84-79-80(83(109(84)91(62-25-9-5-10-26-62)63-27-11-6-12-28-63)61-49-69(117-41-21-17-33-66(111)54-123(4,115)116)52-70(50-61)120-44-24-20-36-78(114)106-57-90(99,100)101)85(81(103-3)87-108-73-46-59(2)38-40-75(73)122-87)110(92(64-29-13-7-14-30-64)65-31-15-8-16-32-65)82(79)60-47-67(118-42-22-18-34-76(112)104-55-88(93,94)95)51-68(48-60)119-43-23-19-35-77(113)105-56-89(96,97)98/h5-16,25-32,37-40,45-52H,17-24,33-36,41-44,54-57H2,1-2,4H3,(H,104,112)(H,105,113)(H,106,114)/b84-71-,85-81+. The first-order valence-electron chi connectivity index (χ1n) is 39.7. The zero-order chi connectivity index (χ0) is 87.6. The molecule has 0 unspecified atom stereocenters. The van der Waals surface area contributed by atoms with Crippen LogP contribution in [-0.2, 0) is 29.0 Å². The van der Waals surface area contributed by atoms with Crippen molar-refractivity contribution in [3.05, 3.63) is 239 Å². The molecule has 0 atom stereocenters. The molecule has 12 rings (SSSR count). The molecule has 33 heteroatoms. The maximum absolute atomic E-state index is 13.3. The number of Topliss-reactive ketones (excluding diaryl/α,β-unsaturated/α-hetero) is 1. The number of oxazole rings is 2. The molecule has 0 saturated heterocycles. The van der Waals surface area contributed by atoms with Crippen molar-refractivity contribution in [2.45, 2.75) is 109 Å². The number of benzene rings is 8. The molecule has 3 amide bonds. The van der Waals surface area contributed by atoms with Crippen LogP contribution in [0.5, 0.6) is 23.0 Å². The molecule has 0 fully saturated rings. The lowest BCUT2D eigenvalue weighted by Gasteiger charge is -2.25. The maximum atomic E-state index is 13.3. The third kappa shape index (κ3) is 24.0. The van der Waals surface area contributed by atoms with Crippen molar-refractivity contribution >= 4 is 113 Å². The van der Waals surface area contributed by atoms with Gasteiger partial charge in [0.05, 0.1) is 43.7 Å². The van der Waals surface area contributed by atoms with E-state index >= 15 is 0 Å². The van der Waals surface area contributed by atoms with E-state index in [-0.39, 0.29) is 205 Å². The predicted octanol–water partition coefficient (Wildman–Crippen LogP) is 13.6. The highest BCUT2D eigenvalue weighted by atomic mass is 32.2. The van der Waals surface area contributed by atoms with Crippen molar-refractivity contribution < 1.29 is 94.9 Å². The van der Waals surface area contributed by atoms with Crippen LogP contribution in [-0.4, -0.2) is 141 Å². The van der Waals surface area contributed by atoms with Crippen LogP contribution in [0.3, 0.4) is 0 Å². The monoisotopic (exact) mass is 1710 g/mol. The van der Waals surface area contributed by atoms with E-state index in [1.807, 2.05) is 172 Å². The van der Waals surface area contributed by atoms with Gasteiger partial charge in [-0.2, -0.15) is 44.8 Å². The van der Waals surface area contributed by atoms with Gasteiger partial charge in [0.2, 0.25) is 29.5 Å². The third-order valence-electron chi connectivity index (χ3n) is 19.8. The molecule has 0 bridgehead atoms. The van der Waals surface area contributed by atoms with E-state index in [0.717, 1.165) is 17.4 Å². The predicted molar refractivity (Wildman–Crippen MR) is 451 cm³/mol. The van der Waals surface area contributed by atoms with E-state index < -0.39 is 91.0 Å². The Hall–Kier alpha value is -13.0. The van der Waals surface area contributed by atoms with Crippen LogP contribution < -0.4 is 67.4 Å². The molecule has 0 aliphatic heterocycles. The van der Waals surface area contributed by atoms with Crippen LogP contribution in [0.2, 0.25) is 0 Å². The van der Waals surface area contributed by atoms with Gasteiger partial charge in [0.1, 0.15) is 76.8 Å². The summed E-state index contributed by atoms with van der Waals surface area (Å²) in [4.78, 5) is 66.3. The lowest BCUT2D eigenvalue weighted by Crippen LogP contribution is -2.54. The van der Waals surface area contributed by atoms with E-state index in [0.29, 0.717) is 32.9 Å². The minimum absolute atomic E-state index is 0.0583. The van der Waals surface area contributed by atoms with Gasteiger partial charge in [-0.15, -0.1) is 0 Å². The lowest BCUT2D eigenvalue weighted by atomic mass is 9.50. The number of rotatable bonds is 39. The van der Waals surface area contributed by atoms with E-state index in [1.54, 1.807) is 60.7 Å². The number of aryl methyl sites for hydroxylation is 2. The van der Waals surface area contributed by atoms with Crippen LogP contribution in [0.4, 0.5) is 39.5 Å². The summed E-state index contributed by atoms with van der Waals surface area (Å²) in [5.74, 6) is -3.63. The number of fused-ring (bicyclic) bond motifs is 3. The minimum Gasteiger partial charge on any atom is -0.493 e. The van der Waals surface area contributed by atoms with Gasteiger partial charge >= 0.3 is 32.2 Å². The first kappa shape index (κ1) is 89.2. The molecule has 8 aromatic carbocycles. The number of unbranched alkanes of at least 4 members (excludes halogenated alkanes) is 4. The highest BCUT2D eigenvalue weighted by Crippen LogP contribution is 2.42. The molecule has 0 saturated carbocycles. The lowest BCUT2D eigenvalue weighted by molar-refractivity contribution is -0.138. The molecular formula is C90H84B2F9N9O12S. The fraction of sp³-hybridized carbons (Fsp3) is 0.289. The number of amides is 3. The summed E-state index contributed by atoms with van der Waals surface area (Å²) in [6.07, 6.45) is -13.1. The van der Waals surface area contributed by atoms with Gasteiger partial charge in [0.15, 0.2) is 21.0 Å². The summed E-state index contributed by atoms with van der Waals surface area (Å²) < 4.78 is 189. The first-order chi connectivity index (χ1) is 58.9. The van der Waals surface area contributed by atoms with Crippen molar-refractivity contribution in [3.63, 3.8) is 0 Å². The fourth-order valence-corrected chi connectivity index (χ4v) is 15.2. The van der Waals surface area contributed by atoms with Crippen molar-refractivity contribution in [2.24, 2.45) is 0 Å².